The number of nitrogens with zero attached hydrogens (tertiary/aromatic N) is 1. The van der Waals surface area contributed by atoms with Crippen molar-refractivity contribution in [3.05, 3.63) is 58.1 Å². The molecule has 0 aliphatic carbocycles. The molecule has 0 bridgehead atoms. The van der Waals surface area contributed by atoms with Gasteiger partial charge in [-0.25, -0.2) is 0 Å². The number of para-hydroxylation sites is 1. The van der Waals surface area contributed by atoms with Crippen LogP contribution in [-0.2, 0) is 11.2 Å². The fourth-order valence-electron chi connectivity index (χ4n) is 2.88. The van der Waals surface area contributed by atoms with Crippen LogP contribution in [0.5, 0.6) is 5.75 Å². The van der Waals surface area contributed by atoms with E-state index in [-0.39, 0.29) is 11.8 Å². The lowest BCUT2D eigenvalue weighted by Crippen LogP contribution is -2.24. The Kier molecular flexibility index (Phi) is 3.72. The van der Waals surface area contributed by atoms with Crippen LogP contribution in [0.2, 0.25) is 0 Å². The highest BCUT2D eigenvalue weighted by Crippen LogP contribution is 2.40. The first-order chi connectivity index (χ1) is 10.1. The first-order valence-electron chi connectivity index (χ1n) is 6.80. The Morgan fingerprint density at radius 1 is 1.24 bits per heavy atom. The zero-order chi connectivity index (χ0) is 15.0. The summed E-state index contributed by atoms with van der Waals surface area (Å²) in [4.78, 5) is 14.3. The van der Waals surface area contributed by atoms with Gasteiger partial charge in [0.2, 0.25) is 5.91 Å². The van der Waals surface area contributed by atoms with Crippen molar-refractivity contribution < 1.29 is 9.53 Å². The maximum Gasteiger partial charge on any atom is 0.234 e. The van der Waals surface area contributed by atoms with Crippen molar-refractivity contribution in [1.82, 2.24) is 0 Å². The van der Waals surface area contributed by atoms with Crippen LogP contribution in [0.4, 0.5) is 5.69 Å². The molecular formula is C17H16BrNO2. The van der Waals surface area contributed by atoms with Gasteiger partial charge in [0.05, 0.1) is 13.0 Å². The van der Waals surface area contributed by atoms with Gasteiger partial charge in [-0.3, -0.25) is 4.79 Å². The summed E-state index contributed by atoms with van der Waals surface area (Å²) in [6, 6.07) is 13.9. The normalized spacial score (nSPS) is 17.0. The SMILES string of the molecule is COc1ccccc1C[C@H]1C(=O)N(C)c2ccc(Br)cc21. The number of hydrogen-bond donors (Lipinski definition) is 0. The van der Waals surface area contributed by atoms with E-state index in [1.807, 2.05) is 49.5 Å². The highest BCUT2D eigenvalue weighted by Gasteiger charge is 2.35. The quantitative estimate of drug-likeness (QED) is 0.847. The third-order valence-electron chi connectivity index (χ3n) is 3.97. The van der Waals surface area contributed by atoms with E-state index in [9.17, 15) is 4.79 Å². The molecule has 3 rings (SSSR count). The summed E-state index contributed by atoms with van der Waals surface area (Å²) in [6.07, 6.45) is 0.649. The van der Waals surface area contributed by atoms with Crippen LogP contribution in [0.15, 0.2) is 46.9 Å². The van der Waals surface area contributed by atoms with Crippen LogP contribution in [0.1, 0.15) is 17.0 Å². The smallest absolute Gasteiger partial charge is 0.234 e. The number of fused-ring (bicyclic) bond motifs is 1. The first kappa shape index (κ1) is 14.1. The van der Waals surface area contributed by atoms with Crippen LogP contribution < -0.4 is 9.64 Å². The molecule has 1 atom stereocenters. The summed E-state index contributed by atoms with van der Waals surface area (Å²) in [5.41, 5.74) is 3.12. The van der Waals surface area contributed by atoms with Crippen LogP contribution in [0, 0.1) is 0 Å². The maximum atomic E-state index is 12.5. The molecule has 0 spiro atoms. The number of methoxy groups -OCH3 is 1. The largest absolute Gasteiger partial charge is 0.496 e. The molecule has 1 amide bonds. The molecule has 3 nitrogen and oxygen atoms in total. The van der Waals surface area contributed by atoms with Gasteiger partial charge >= 0.3 is 0 Å². The predicted octanol–water partition coefficient (Wildman–Crippen LogP) is 3.76. The molecule has 0 saturated heterocycles. The Morgan fingerprint density at radius 3 is 2.76 bits per heavy atom. The van der Waals surface area contributed by atoms with Gasteiger partial charge in [0.15, 0.2) is 0 Å². The second-order valence-corrected chi connectivity index (χ2v) is 6.08. The highest BCUT2D eigenvalue weighted by molar-refractivity contribution is 9.10. The fraction of sp³-hybridized carbons (Fsp3) is 0.235. The van der Waals surface area contributed by atoms with Gasteiger partial charge in [-0.1, -0.05) is 34.1 Å². The molecule has 2 aromatic carbocycles. The van der Waals surface area contributed by atoms with E-state index < -0.39 is 0 Å². The van der Waals surface area contributed by atoms with Crippen LogP contribution in [0.3, 0.4) is 0 Å². The van der Waals surface area contributed by atoms with E-state index in [2.05, 4.69) is 15.9 Å². The van der Waals surface area contributed by atoms with Crippen molar-refractivity contribution in [3.8, 4) is 5.75 Å². The zero-order valence-electron chi connectivity index (χ0n) is 12.0. The minimum atomic E-state index is -0.154. The lowest BCUT2D eigenvalue weighted by atomic mass is 9.93. The minimum absolute atomic E-state index is 0.133. The van der Waals surface area contributed by atoms with Gasteiger partial charge in [0, 0.05) is 17.2 Å². The summed E-state index contributed by atoms with van der Waals surface area (Å²) in [5.74, 6) is 0.809. The molecule has 1 heterocycles. The molecule has 4 heteroatoms. The van der Waals surface area contributed by atoms with E-state index in [0.29, 0.717) is 6.42 Å². The second kappa shape index (κ2) is 5.53. The molecule has 2 aromatic rings. The van der Waals surface area contributed by atoms with Crippen molar-refractivity contribution in [2.45, 2.75) is 12.3 Å². The number of carbonyl (C=O) groups is 1. The Morgan fingerprint density at radius 2 is 2.00 bits per heavy atom. The van der Waals surface area contributed by atoms with Gasteiger partial charge < -0.3 is 9.64 Å². The van der Waals surface area contributed by atoms with Gasteiger partial charge in [0.1, 0.15) is 5.75 Å². The molecule has 0 radical (unpaired) electrons. The Hall–Kier alpha value is -1.81. The fourth-order valence-corrected chi connectivity index (χ4v) is 3.26. The molecular weight excluding hydrogens is 330 g/mol. The molecule has 0 N–H and O–H groups in total. The summed E-state index contributed by atoms with van der Waals surface area (Å²) >= 11 is 3.49. The lowest BCUT2D eigenvalue weighted by Gasteiger charge is -2.13. The van der Waals surface area contributed by atoms with Gasteiger partial charge in [-0.15, -0.1) is 0 Å². The molecule has 1 aliphatic rings. The molecule has 0 fully saturated rings. The number of amides is 1. The topological polar surface area (TPSA) is 29.5 Å². The highest BCUT2D eigenvalue weighted by atomic mass is 79.9. The summed E-state index contributed by atoms with van der Waals surface area (Å²) < 4.78 is 6.39. The summed E-state index contributed by atoms with van der Waals surface area (Å²) in [5, 5.41) is 0. The van der Waals surface area contributed by atoms with Gasteiger partial charge in [0.25, 0.3) is 0 Å². The van der Waals surface area contributed by atoms with Crippen molar-refractivity contribution in [3.63, 3.8) is 0 Å². The van der Waals surface area contributed by atoms with E-state index in [0.717, 1.165) is 27.0 Å². The number of halogens is 1. The monoisotopic (exact) mass is 345 g/mol. The van der Waals surface area contributed by atoms with E-state index >= 15 is 0 Å². The Balaban J connectivity index is 2.00. The summed E-state index contributed by atoms with van der Waals surface area (Å²) in [6.45, 7) is 0. The van der Waals surface area contributed by atoms with Crippen molar-refractivity contribution in [2.75, 3.05) is 19.1 Å². The van der Waals surface area contributed by atoms with Crippen LogP contribution in [0.25, 0.3) is 0 Å². The third-order valence-corrected chi connectivity index (χ3v) is 4.46. The molecule has 0 saturated carbocycles. The third kappa shape index (κ3) is 2.44. The second-order valence-electron chi connectivity index (χ2n) is 5.17. The average Bonchev–Trinajstić information content (AvgIpc) is 2.72. The molecule has 108 valence electrons. The van der Waals surface area contributed by atoms with E-state index in [4.69, 9.17) is 4.74 Å². The number of ether oxygens (including phenoxy) is 1. The maximum absolute atomic E-state index is 12.5. The lowest BCUT2D eigenvalue weighted by molar-refractivity contribution is -0.119. The van der Waals surface area contributed by atoms with Gasteiger partial charge in [-0.05, 0) is 41.8 Å². The van der Waals surface area contributed by atoms with E-state index in [1.165, 1.54) is 0 Å². The summed E-state index contributed by atoms with van der Waals surface area (Å²) in [7, 11) is 3.49. The number of anilines is 1. The Labute approximate surface area is 132 Å². The van der Waals surface area contributed by atoms with Crippen molar-refractivity contribution in [1.29, 1.82) is 0 Å². The number of likely N-dealkylation sites (N-methyl/N-ethyl adjacent to an activating group) is 1. The van der Waals surface area contributed by atoms with Gasteiger partial charge in [-0.2, -0.15) is 0 Å². The van der Waals surface area contributed by atoms with Crippen molar-refractivity contribution in [2.24, 2.45) is 0 Å². The minimum Gasteiger partial charge on any atom is -0.496 e. The number of hydrogen-bond acceptors (Lipinski definition) is 2. The number of carbonyl (C=O) groups excluding carboxylic acids is 1. The van der Waals surface area contributed by atoms with E-state index in [1.54, 1.807) is 12.0 Å². The molecule has 0 aromatic heterocycles. The predicted molar refractivity (Wildman–Crippen MR) is 87.0 cm³/mol. The molecule has 21 heavy (non-hydrogen) atoms. The first-order valence-corrected chi connectivity index (χ1v) is 7.60. The average molecular weight is 346 g/mol. The number of rotatable bonds is 3. The zero-order valence-corrected chi connectivity index (χ0v) is 13.6. The Bertz CT molecular complexity index is 699. The van der Waals surface area contributed by atoms with Crippen LogP contribution in [-0.4, -0.2) is 20.1 Å². The van der Waals surface area contributed by atoms with Crippen molar-refractivity contribution >= 4 is 27.5 Å². The van der Waals surface area contributed by atoms with Crippen LogP contribution >= 0.6 is 15.9 Å². The molecule has 1 aliphatic heterocycles. The molecule has 0 unspecified atom stereocenters. The number of benzene rings is 2. The standard InChI is InChI=1S/C17H16BrNO2/c1-19-15-8-7-12(18)10-13(15)14(17(19)20)9-11-5-3-4-6-16(11)21-2/h3-8,10,14H,9H2,1-2H3/t14-/m1/s1.